The van der Waals surface area contributed by atoms with Crippen molar-refractivity contribution in [3.8, 4) is 0 Å². The standard InChI is InChI=1S/C8H9O5P/c1-12-14(10,11)13-8(9)7-5-3-2-4-6-7/h2-6H,1H3,(H,10,11). The number of hydrogen-bond donors (Lipinski definition) is 1. The number of rotatable bonds is 3. The summed E-state index contributed by atoms with van der Waals surface area (Å²) in [6.45, 7) is 0. The van der Waals surface area contributed by atoms with E-state index >= 15 is 0 Å². The van der Waals surface area contributed by atoms with Crippen LogP contribution in [0.4, 0.5) is 0 Å². The number of hydrogen-bond acceptors (Lipinski definition) is 4. The lowest BCUT2D eigenvalue weighted by atomic mass is 10.2. The molecule has 5 nitrogen and oxygen atoms in total. The third kappa shape index (κ3) is 2.96. The van der Waals surface area contributed by atoms with Gasteiger partial charge in [-0.15, -0.1) is 0 Å². The number of phosphoric ester groups is 1. The molecule has 0 bridgehead atoms. The molecule has 1 aromatic rings. The highest BCUT2D eigenvalue weighted by Crippen LogP contribution is 2.42. The monoisotopic (exact) mass is 216 g/mol. The van der Waals surface area contributed by atoms with E-state index < -0.39 is 13.8 Å². The first-order valence-electron chi connectivity index (χ1n) is 3.72. The average Bonchev–Trinajstić information content (AvgIpc) is 2.19. The van der Waals surface area contributed by atoms with Gasteiger partial charge in [0, 0.05) is 7.11 Å². The molecule has 76 valence electrons. The molecule has 0 aliphatic rings. The van der Waals surface area contributed by atoms with Crippen molar-refractivity contribution in [2.75, 3.05) is 7.11 Å². The van der Waals surface area contributed by atoms with Gasteiger partial charge in [-0.2, -0.15) is 0 Å². The Labute approximate surface area is 80.9 Å². The van der Waals surface area contributed by atoms with Gasteiger partial charge in [0.25, 0.3) is 0 Å². The maximum Gasteiger partial charge on any atom is 0.529 e. The smallest absolute Gasteiger partial charge is 0.367 e. The van der Waals surface area contributed by atoms with Gasteiger partial charge in [-0.25, -0.2) is 9.36 Å². The van der Waals surface area contributed by atoms with Crippen molar-refractivity contribution in [1.29, 1.82) is 0 Å². The fourth-order valence-corrected chi connectivity index (χ4v) is 1.16. The van der Waals surface area contributed by atoms with Crippen molar-refractivity contribution < 1.29 is 23.3 Å². The SMILES string of the molecule is COP(=O)(O)OC(=O)c1ccccc1. The number of phosphoric acid groups is 1. The number of benzene rings is 1. The Kier molecular flexibility index (Phi) is 3.41. The Balaban J connectivity index is 2.74. The lowest BCUT2D eigenvalue weighted by molar-refractivity contribution is 0.0661. The second-order valence-electron chi connectivity index (χ2n) is 2.40. The second-order valence-corrected chi connectivity index (χ2v) is 3.88. The van der Waals surface area contributed by atoms with Crippen molar-refractivity contribution in [2.45, 2.75) is 0 Å². The zero-order valence-corrected chi connectivity index (χ0v) is 8.31. The molecule has 1 aromatic carbocycles. The largest absolute Gasteiger partial charge is 0.529 e. The fraction of sp³-hybridized carbons (Fsp3) is 0.125. The predicted molar refractivity (Wildman–Crippen MR) is 48.7 cm³/mol. The summed E-state index contributed by atoms with van der Waals surface area (Å²) in [6.07, 6.45) is 0. The summed E-state index contributed by atoms with van der Waals surface area (Å²) >= 11 is 0. The summed E-state index contributed by atoms with van der Waals surface area (Å²) in [5, 5.41) is 0. The molecule has 6 heteroatoms. The Bertz CT molecular complexity index is 361. The van der Waals surface area contributed by atoms with Gasteiger partial charge in [0.1, 0.15) is 0 Å². The van der Waals surface area contributed by atoms with Gasteiger partial charge < -0.3 is 4.52 Å². The highest BCUT2D eigenvalue weighted by atomic mass is 31.2. The normalized spacial score (nSPS) is 14.4. The zero-order valence-electron chi connectivity index (χ0n) is 7.41. The third-order valence-corrected chi connectivity index (χ3v) is 2.30. The van der Waals surface area contributed by atoms with Gasteiger partial charge in [-0.1, -0.05) is 18.2 Å². The van der Waals surface area contributed by atoms with Crippen LogP contribution in [0.3, 0.4) is 0 Å². The molecule has 14 heavy (non-hydrogen) atoms. The van der Waals surface area contributed by atoms with Crippen molar-refractivity contribution in [3.05, 3.63) is 35.9 Å². The second kappa shape index (κ2) is 4.37. The molecule has 1 N–H and O–H groups in total. The van der Waals surface area contributed by atoms with E-state index in [0.29, 0.717) is 0 Å². The van der Waals surface area contributed by atoms with E-state index in [1.165, 1.54) is 12.1 Å². The van der Waals surface area contributed by atoms with Gasteiger partial charge in [0.2, 0.25) is 0 Å². The molecular weight excluding hydrogens is 207 g/mol. The van der Waals surface area contributed by atoms with Crippen molar-refractivity contribution in [1.82, 2.24) is 0 Å². The lowest BCUT2D eigenvalue weighted by Crippen LogP contribution is -2.03. The molecule has 0 spiro atoms. The van der Waals surface area contributed by atoms with Crippen LogP contribution < -0.4 is 0 Å². The molecule has 0 amide bonds. The van der Waals surface area contributed by atoms with Crippen LogP contribution in [0.1, 0.15) is 10.4 Å². The fourth-order valence-electron chi connectivity index (χ4n) is 0.769. The minimum Gasteiger partial charge on any atom is -0.367 e. The van der Waals surface area contributed by atoms with Crippen LogP contribution >= 0.6 is 7.82 Å². The van der Waals surface area contributed by atoms with E-state index in [2.05, 4.69) is 9.05 Å². The molecular formula is C8H9O5P. The maximum atomic E-state index is 11.2. The van der Waals surface area contributed by atoms with E-state index in [1.807, 2.05) is 0 Å². The van der Waals surface area contributed by atoms with Gasteiger partial charge in [0.05, 0.1) is 5.56 Å². The van der Waals surface area contributed by atoms with Gasteiger partial charge in [-0.3, -0.25) is 9.42 Å². The van der Waals surface area contributed by atoms with Gasteiger partial charge in [0.15, 0.2) is 0 Å². The first kappa shape index (κ1) is 10.9. The van der Waals surface area contributed by atoms with Crippen LogP contribution in [0.25, 0.3) is 0 Å². The molecule has 0 radical (unpaired) electrons. The Hall–Kier alpha value is -1.16. The molecule has 0 heterocycles. The van der Waals surface area contributed by atoms with E-state index in [1.54, 1.807) is 18.2 Å². The Morgan fingerprint density at radius 1 is 1.36 bits per heavy atom. The summed E-state index contributed by atoms with van der Waals surface area (Å²) in [6, 6.07) is 7.89. The van der Waals surface area contributed by atoms with E-state index in [0.717, 1.165) is 7.11 Å². The summed E-state index contributed by atoms with van der Waals surface area (Å²) in [5.41, 5.74) is 0.193. The summed E-state index contributed by atoms with van der Waals surface area (Å²) in [4.78, 5) is 20.0. The molecule has 1 unspecified atom stereocenters. The first-order valence-corrected chi connectivity index (χ1v) is 5.22. The Morgan fingerprint density at radius 2 is 1.93 bits per heavy atom. The molecule has 0 fully saturated rings. The Morgan fingerprint density at radius 3 is 2.43 bits per heavy atom. The molecule has 0 saturated carbocycles. The van der Waals surface area contributed by atoms with Gasteiger partial charge in [-0.05, 0) is 12.1 Å². The predicted octanol–water partition coefficient (Wildman–Crippen LogP) is 1.59. The minimum absolute atomic E-state index is 0.193. The molecule has 1 rings (SSSR count). The zero-order chi connectivity index (χ0) is 10.6. The van der Waals surface area contributed by atoms with Crippen LogP contribution in [0.2, 0.25) is 0 Å². The maximum absolute atomic E-state index is 11.2. The quantitative estimate of drug-likeness (QED) is 0.776. The van der Waals surface area contributed by atoms with E-state index in [9.17, 15) is 9.36 Å². The van der Waals surface area contributed by atoms with Crippen LogP contribution in [-0.2, 0) is 13.6 Å². The number of carbonyl (C=O) groups is 1. The van der Waals surface area contributed by atoms with Crippen LogP contribution in [-0.4, -0.2) is 18.0 Å². The summed E-state index contributed by atoms with van der Waals surface area (Å²) < 4.78 is 19.2. The molecule has 0 saturated heterocycles. The highest BCUT2D eigenvalue weighted by Gasteiger charge is 2.24. The minimum atomic E-state index is -4.24. The van der Waals surface area contributed by atoms with Crippen molar-refractivity contribution in [2.24, 2.45) is 0 Å². The van der Waals surface area contributed by atoms with Crippen LogP contribution in [0, 0.1) is 0 Å². The van der Waals surface area contributed by atoms with Gasteiger partial charge >= 0.3 is 13.8 Å². The van der Waals surface area contributed by atoms with Crippen LogP contribution in [0.15, 0.2) is 30.3 Å². The van der Waals surface area contributed by atoms with Crippen molar-refractivity contribution in [3.63, 3.8) is 0 Å². The summed E-state index contributed by atoms with van der Waals surface area (Å²) in [5.74, 6) is -0.890. The lowest BCUT2D eigenvalue weighted by Gasteiger charge is -2.08. The highest BCUT2D eigenvalue weighted by molar-refractivity contribution is 7.48. The topological polar surface area (TPSA) is 72.8 Å². The average molecular weight is 216 g/mol. The molecule has 0 aliphatic carbocycles. The summed E-state index contributed by atoms with van der Waals surface area (Å²) in [7, 11) is -3.26. The third-order valence-electron chi connectivity index (χ3n) is 1.44. The first-order chi connectivity index (χ1) is 6.55. The van der Waals surface area contributed by atoms with E-state index in [-0.39, 0.29) is 5.56 Å². The van der Waals surface area contributed by atoms with Crippen molar-refractivity contribution >= 4 is 13.8 Å². The molecule has 0 aliphatic heterocycles. The molecule has 0 aromatic heterocycles. The number of carbonyl (C=O) groups excluding carboxylic acids is 1. The van der Waals surface area contributed by atoms with E-state index in [4.69, 9.17) is 4.89 Å². The molecule has 1 atom stereocenters. The van der Waals surface area contributed by atoms with Crippen LogP contribution in [0.5, 0.6) is 0 Å².